The van der Waals surface area contributed by atoms with Crippen LogP contribution in [-0.2, 0) is 28.7 Å². The summed E-state index contributed by atoms with van der Waals surface area (Å²) >= 11 is 3.74. The number of allylic oxidation sites excluding steroid dienone is 1. The third-order valence-electron chi connectivity index (χ3n) is 10.7. The van der Waals surface area contributed by atoms with E-state index >= 15 is 9.59 Å². The molecule has 3 fully saturated rings. The number of rotatable bonds is 16. The summed E-state index contributed by atoms with van der Waals surface area (Å²) in [5.41, 5.74) is 0.378. The average Bonchev–Trinajstić information content (AvgIpc) is 3.79. The van der Waals surface area contributed by atoms with Gasteiger partial charge in [-0.15, -0.1) is 13.2 Å². The number of alkyl halides is 1. The lowest BCUT2D eigenvalue weighted by Gasteiger charge is -2.39. The molecule has 3 aliphatic heterocycles. The van der Waals surface area contributed by atoms with Crippen LogP contribution in [-0.4, -0.2) is 82.6 Å². The van der Waals surface area contributed by atoms with E-state index in [-0.39, 0.29) is 25.3 Å². The summed E-state index contributed by atoms with van der Waals surface area (Å²) in [7, 11) is 1.55. The molecule has 0 radical (unpaired) electrons. The van der Waals surface area contributed by atoms with Crippen LogP contribution in [0.5, 0.6) is 5.75 Å². The summed E-state index contributed by atoms with van der Waals surface area (Å²) in [6.45, 7) is 8.97. The quantitative estimate of drug-likeness (QED) is 0.111. The Labute approximate surface area is 324 Å². The normalized spacial score (nSPS) is 25.6. The zero-order valence-corrected chi connectivity index (χ0v) is 32.0. The van der Waals surface area contributed by atoms with E-state index < -0.39 is 77.0 Å². The molecule has 9 atom stereocenters. The molecular weight excluding hydrogens is 754 g/mol. The number of aliphatic hydroxyl groups excluding tert-OH is 1. The average molecular weight is 801 g/mol. The molecule has 1 spiro atoms. The van der Waals surface area contributed by atoms with E-state index in [9.17, 15) is 14.7 Å². The second-order valence-corrected chi connectivity index (χ2v) is 15.1. The van der Waals surface area contributed by atoms with Gasteiger partial charge >= 0.3 is 5.97 Å². The van der Waals surface area contributed by atoms with Crippen LogP contribution in [0.2, 0.25) is 0 Å². The number of carbonyl (C=O) groups is 4. The van der Waals surface area contributed by atoms with Gasteiger partial charge in [-0.05, 0) is 55.2 Å². The molecule has 1 unspecified atom stereocenters. The number of aliphatic hydroxyl groups is 1. The molecule has 3 heterocycles. The highest BCUT2D eigenvalue weighted by Gasteiger charge is 2.77. The number of ether oxygens (including phenoxy) is 3. The van der Waals surface area contributed by atoms with Crippen molar-refractivity contribution in [2.75, 3.05) is 25.2 Å². The Balaban J connectivity index is 1.41. The second kappa shape index (κ2) is 16.7. The molecule has 3 aliphatic rings. The van der Waals surface area contributed by atoms with Gasteiger partial charge in [-0.2, -0.15) is 0 Å². The summed E-state index contributed by atoms with van der Waals surface area (Å²) in [5.74, 6) is -3.45. The van der Waals surface area contributed by atoms with Gasteiger partial charge in [0.15, 0.2) is 0 Å². The molecule has 2 bridgehead atoms. The number of methoxy groups -OCH3 is 1. The molecule has 12 heteroatoms. The van der Waals surface area contributed by atoms with E-state index in [1.165, 1.54) is 9.80 Å². The highest BCUT2D eigenvalue weighted by molar-refractivity contribution is 9.09. The minimum Gasteiger partial charge on any atom is -0.497 e. The van der Waals surface area contributed by atoms with Gasteiger partial charge in [0, 0.05) is 23.5 Å². The zero-order valence-electron chi connectivity index (χ0n) is 30.4. The Morgan fingerprint density at radius 3 is 2.28 bits per heavy atom. The molecule has 3 saturated heterocycles. The van der Waals surface area contributed by atoms with Crippen molar-refractivity contribution in [1.29, 1.82) is 0 Å². The first-order valence-electron chi connectivity index (χ1n) is 18.1. The van der Waals surface area contributed by atoms with Crippen molar-refractivity contribution in [2.45, 2.75) is 66.9 Å². The largest absolute Gasteiger partial charge is 0.497 e. The van der Waals surface area contributed by atoms with E-state index in [0.717, 1.165) is 0 Å². The van der Waals surface area contributed by atoms with E-state index in [1.54, 1.807) is 74.7 Å². The second-order valence-electron chi connectivity index (χ2n) is 13.9. The van der Waals surface area contributed by atoms with Crippen molar-refractivity contribution in [1.82, 2.24) is 10.2 Å². The molecule has 0 aromatic heterocycles. The molecule has 284 valence electrons. The smallest absolute Gasteiger partial charge is 0.313 e. The van der Waals surface area contributed by atoms with Gasteiger partial charge in [0.2, 0.25) is 11.8 Å². The van der Waals surface area contributed by atoms with Gasteiger partial charge in [-0.3, -0.25) is 19.2 Å². The van der Waals surface area contributed by atoms with Crippen molar-refractivity contribution >= 4 is 45.3 Å². The SMILES string of the molecule is C=CCCC(=O)N[C@H](C)[C@@H](OC(=O)[C@@H]1[C@H]2O[C@@]3(CC2Br)[C@H](C(=O)N(CC=C)c2ccc(OC)cc2)N([C@H](CO)c2ccccc2)C(=O)[C@@H]13)c1ccccc1. The predicted octanol–water partition coefficient (Wildman–Crippen LogP) is 5.45. The fraction of sp³-hybridized carbons (Fsp3) is 0.381. The number of hydrogen-bond acceptors (Lipinski definition) is 8. The maximum atomic E-state index is 15.1. The van der Waals surface area contributed by atoms with Gasteiger partial charge in [0.05, 0.1) is 43.7 Å². The monoisotopic (exact) mass is 799 g/mol. The number of amides is 3. The van der Waals surface area contributed by atoms with Crippen LogP contribution in [0.1, 0.15) is 49.5 Å². The van der Waals surface area contributed by atoms with Crippen molar-refractivity contribution in [3.8, 4) is 5.75 Å². The molecule has 0 aliphatic carbocycles. The summed E-state index contributed by atoms with van der Waals surface area (Å²) in [4.78, 5) is 60.1. The lowest BCUT2D eigenvalue weighted by atomic mass is 9.70. The van der Waals surface area contributed by atoms with Gasteiger partial charge < -0.3 is 34.4 Å². The fourth-order valence-corrected chi connectivity index (χ4v) is 9.23. The summed E-state index contributed by atoms with van der Waals surface area (Å²) in [5, 5.41) is 13.9. The Morgan fingerprint density at radius 2 is 1.69 bits per heavy atom. The maximum absolute atomic E-state index is 15.1. The minimum atomic E-state index is -1.45. The summed E-state index contributed by atoms with van der Waals surface area (Å²) < 4.78 is 18.4. The number of esters is 1. The Morgan fingerprint density at radius 1 is 1.04 bits per heavy atom. The van der Waals surface area contributed by atoms with Crippen LogP contribution in [0.25, 0.3) is 0 Å². The van der Waals surface area contributed by atoms with Crippen LogP contribution in [0.3, 0.4) is 0 Å². The van der Waals surface area contributed by atoms with Gasteiger partial charge in [0.1, 0.15) is 23.5 Å². The van der Waals surface area contributed by atoms with Crippen LogP contribution >= 0.6 is 15.9 Å². The lowest BCUT2D eigenvalue weighted by molar-refractivity contribution is -0.162. The van der Waals surface area contributed by atoms with E-state index in [0.29, 0.717) is 29.0 Å². The number of nitrogens with zero attached hydrogens (tertiary/aromatic N) is 2. The number of benzene rings is 3. The van der Waals surface area contributed by atoms with Crippen molar-refractivity contribution in [3.63, 3.8) is 0 Å². The molecule has 3 amide bonds. The Hall–Kier alpha value is -4.78. The minimum absolute atomic E-state index is 0.112. The molecule has 0 saturated carbocycles. The fourth-order valence-electron chi connectivity index (χ4n) is 8.28. The number of hydrogen-bond donors (Lipinski definition) is 2. The lowest BCUT2D eigenvalue weighted by Crippen LogP contribution is -2.57. The highest BCUT2D eigenvalue weighted by atomic mass is 79.9. The van der Waals surface area contributed by atoms with E-state index in [4.69, 9.17) is 14.2 Å². The summed E-state index contributed by atoms with van der Waals surface area (Å²) in [6, 6.07) is 22.3. The molecule has 11 nitrogen and oxygen atoms in total. The maximum Gasteiger partial charge on any atom is 0.313 e. The third-order valence-corrected chi connectivity index (χ3v) is 11.5. The number of carbonyl (C=O) groups excluding carboxylic acids is 4. The van der Waals surface area contributed by atoms with Crippen molar-refractivity contribution in [3.05, 3.63) is 121 Å². The molecule has 3 aromatic carbocycles. The number of nitrogens with one attached hydrogen (secondary N) is 1. The predicted molar refractivity (Wildman–Crippen MR) is 207 cm³/mol. The van der Waals surface area contributed by atoms with Gasteiger partial charge in [-0.25, -0.2) is 0 Å². The van der Waals surface area contributed by atoms with E-state index in [1.807, 2.05) is 36.4 Å². The number of anilines is 1. The number of likely N-dealkylation sites (tertiary alicyclic amines) is 1. The first-order valence-corrected chi connectivity index (χ1v) is 19.0. The van der Waals surface area contributed by atoms with E-state index in [2.05, 4.69) is 34.4 Å². The first-order chi connectivity index (χ1) is 26.1. The Kier molecular flexibility index (Phi) is 12.0. The van der Waals surface area contributed by atoms with Crippen LogP contribution < -0.4 is 15.0 Å². The van der Waals surface area contributed by atoms with Crippen LogP contribution in [0.4, 0.5) is 5.69 Å². The third kappa shape index (κ3) is 7.22. The molecule has 2 N–H and O–H groups in total. The van der Waals surface area contributed by atoms with Crippen LogP contribution in [0.15, 0.2) is 110 Å². The topological polar surface area (TPSA) is 135 Å². The highest BCUT2D eigenvalue weighted by Crippen LogP contribution is 2.61. The molecule has 3 aromatic rings. The standard InChI is InChI=1S/C42H46BrN3O8/c1-5-7-18-33(48)44-26(3)36(28-16-12-9-13-17-28)53-41(51)34-35-39(49)46(32(25-47)27-14-10-8-11-15-27)38(42(35)24-31(43)37(34)54-42)40(50)45(23-6-2)29-19-21-30(52-4)22-20-29/h5-6,8-17,19-22,26,31-32,34-38,47H,1-2,7,18,23-25H2,3-4H3,(H,44,48)/t26-,31?,32-,34+,35-,36-,37+,38+,42-/m1/s1. The Bertz CT molecular complexity index is 1840. The number of halogens is 1. The molecule has 54 heavy (non-hydrogen) atoms. The zero-order chi connectivity index (χ0) is 38.6. The van der Waals surface area contributed by atoms with Gasteiger partial charge in [-0.1, -0.05) is 88.7 Å². The van der Waals surface area contributed by atoms with Crippen molar-refractivity contribution < 1.29 is 38.5 Å². The first kappa shape index (κ1) is 38.9. The van der Waals surface area contributed by atoms with Crippen molar-refractivity contribution in [2.24, 2.45) is 11.8 Å². The number of fused-ring (bicyclic) bond motifs is 1. The summed E-state index contributed by atoms with van der Waals surface area (Å²) in [6.07, 6.45) is 2.53. The van der Waals surface area contributed by atoms with Crippen LogP contribution in [0, 0.1) is 11.8 Å². The molecule has 6 rings (SSSR count). The van der Waals surface area contributed by atoms with Gasteiger partial charge in [0.25, 0.3) is 5.91 Å². The molecular formula is C42H46BrN3O8.